The highest BCUT2D eigenvalue weighted by molar-refractivity contribution is 7.88. The summed E-state index contributed by atoms with van der Waals surface area (Å²) in [5, 5.41) is 22.2. The Balaban J connectivity index is 2.39. The topological polar surface area (TPSA) is 98.7 Å². The second-order valence-electron chi connectivity index (χ2n) is 4.44. The lowest BCUT2D eigenvalue weighted by Gasteiger charge is -2.15. The number of sulfonamides is 1. The van der Waals surface area contributed by atoms with E-state index >= 15 is 0 Å². The molecule has 0 fully saturated rings. The number of rotatable bonds is 7. The zero-order valence-corrected chi connectivity index (χ0v) is 11.9. The van der Waals surface area contributed by atoms with Crippen LogP contribution in [0.5, 0.6) is 11.5 Å². The highest BCUT2D eigenvalue weighted by Crippen LogP contribution is 2.27. The SMILES string of the molecule is CC(NCCCNS(C)(=O)=O)c1cc(O)ccc1O. The molecule has 19 heavy (non-hydrogen) atoms. The van der Waals surface area contributed by atoms with Gasteiger partial charge in [0.05, 0.1) is 6.26 Å². The van der Waals surface area contributed by atoms with Crippen molar-refractivity contribution < 1.29 is 18.6 Å². The van der Waals surface area contributed by atoms with Crippen LogP contribution in [0.3, 0.4) is 0 Å². The van der Waals surface area contributed by atoms with Crippen molar-refractivity contribution in [2.45, 2.75) is 19.4 Å². The summed E-state index contributed by atoms with van der Waals surface area (Å²) in [5.41, 5.74) is 0.607. The second-order valence-corrected chi connectivity index (χ2v) is 6.27. The fourth-order valence-corrected chi connectivity index (χ4v) is 2.18. The lowest BCUT2D eigenvalue weighted by Crippen LogP contribution is -2.27. The lowest BCUT2D eigenvalue weighted by atomic mass is 10.1. The van der Waals surface area contributed by atoms with Gasteiger partial charge >= 0.3 is 0 Å². The molecule has 0 saturated carbocycles. The molecule has 1 rings (SSSR count). The highest BCUT2D eigenvalue weighted by atomic mass is 32.2. The van der Waals surface area contributed by atoms with E-state index in [1.54, 1.807) is 0 Å². The summed E-state index contributed by atoms with van der Waals surface area (Å²) in [6, 6.07) is 4.22. The first kappa shape index (κ1) is 15.7. The van der Waals surface area contributed by atoms with Gasteiger partial charge in [-0.25, -0.2) is 13.1 Å². The maximum absolute atomic E-state index is 10.8. The van der Waals surface area contributed by atoms with Gasteiger partial charge in [0.15, 0.2) is 0 Å². The van der Waals surface area contributed by atoms with Crippen LogP contribution in [0.4, 0.5) is 0 Å². The van der Waals surface area contributed by atoms with Crippen molar-refractivity contribution in [1.29, 1.82) is 0 Å². The van der Waals surface area contributed by atoms with E-state index in [0.717, 1.165) is 6.26 Å². The van der Waals surface area contributed by atoms with E-state index in [1.165, 1.54) is 18.2 Å². The molecule has 4 N–H and O–H groups in total. The number of phenols is 2. The minimum Gasteiger partial charge on any atom is -0.508 e. The minimum absolute atomic E-state index is 0.0974. The van der Waals surface area contributed by atoms with Gasteiger partial charge in [0.25, 0.3) is 0 Å². The van der Waals surface area contributed by atoms with E-state index in [2.05, 4.69) is 10.0 Å². The summed E-state index contributed by atoms with van der Waals surface area (Å²) in [7, 11) is -3.14. The fourth-order valence-electron chi connectivity index (χ4n) is 1.66. The highest BCUT2D eigenvalue weighted by Gasteiger charge is 2.10. The lowest BCUT2D eigenvalue weighted by molar-refractivity contribution is 0.440. The van der Waals surface area contributed by atoms with Crippen molar-refractivity contribution in [1.82, 2.24) is 10.0 Å². The fraction of sp³-hybridized carbons (Fsp3) is 0.500. The number of phenolic OH excluding ortho intramolecular Hbond substituents is 2. The molecule has 1 aromatic carbocycles. The molecule has 6 nitrogen and oxygen atoms in total. The summed E-state index contributed by atoms with van der Waals surface area (Å²) in [4.78, 5) is 0. The molecule has 1 aromatic rings. The number of nitrogens with one attached hydrogen (secondary N) is 2. The molecule has 0 amide bonds. The molecule has 0 bridgehead atoms. The van der Waals surface area contributed by atoms with E-state index in [0.29, 0.717) is 25.1 Å². The predicted molar refractivity (Wildman–Crippen MR) is 73.7 cm³/mol. The van der Waals surface area contributed by atoms with Crippen LogP contribution >= 0.6 is 0 Å². The maximum Gasteiger partial charge on any atom is 0.208 e. The van der Waals surface area contributed by atoms with E-state index < -0.39 is 10.0 Å². The van der Waals surface area contributed by atoms with Crippen LogP contribution in [0.2, 0.25) is 0 Å². The third kappa shape index (κ3) is 5.91. The van der Waals surface area contributed by atoms with Crippen LogP contribution in [0.15, 0.2) is 18.2 Å². The maximum atomic E-state index is 10.8. The van der Waals surface area contributed by atoms with Crippen LogP contribution in [0, 0.1) is 0 Å². The Hall–Kier alpha value is -1.31. The molecule has 108 valence electrons. The normalized spacial score (nSPS) is 13.4. The zero-order valence-electron chi connectivity index (χ0n) is 11.0. The molecule has 1 atom stereocenters. The smallest absolute Gasteiger partial charge is 0.208 e. The molecule has 7 heteroatoms. The van der Waals surface area contributed by atoms with Crippen molar-refractivity contribution >= 4 is 10.0 Å². The van der Waals surface area contributed by atoms with E-state index in [4.69, 9.17) is 0 Å². The van der Waals surface area contributed by atoms with E-state index in [9.17, 15) is 18.6 Å². The molecular weight excluding hydrogens is 268 g/mol. The van der Waals surface area contributed by atoms with Crippen LogP contribution < -0.4 is 10.0 Å². The Bertz CT molecular complexity index is 516. The molecule has 0 aliphatic heterocycles. The van der Waals surface area contributed by atoms with Gasteiger partial charge < -0.3 is 15.5 Å². The van der Waals surface area contributed by atoms with Crippen molar-refractivity contribution in [3.05, 3.63) is 23.8 Å². The quantitative estimate of drug-likeness (QED) is 0.437. The first-order chi connectivity index (χ1) is 8.79. The summed E-state index contributed by atoms with van der Waals surface area (Å²) < 4.78 is 24.1. The summed E-state index contributed by atoms with van der Waals surface area (Å²) in [5.74, 6) is 0.215. The molecule has 1 unspecified atom stereocenters. The standard InChI is InChI=1S/C12H20N2O4S/c1-9(11-8-10(15)4-5-12(11)16)13-6-3-7-14-19(2,17)18/h4-5,8-9,13-16H,3,6-7H2,1-2H3. The largest absolute Gasteiger partial charge is 0.508 e. The molecule has 0 aromatic heterocycles. The molecule has 0 aliphatic carbocycles. The Labute approximate surface area is 113 Å². The third-order valence-corrected chi connectivity index (χ3v) is 3.37. The Kier molecular flexibility index (Phi) is 5.59. The van der Waals surface area contributed by atoms with Crippen LogP contribution in [0.25, 0.3) is 0 Å². The Morgan fingerprint density at radius 1 is 1.26 bits per heavy atom. The number of hydrogen-bond acceptors (Lipinski definition) is 5. The van der Waals surface area contributed by atoms with E-state index in [-0.39, 0.29) is 17.5 Å². The first-order valence-electron chi connectivity index (χ1n) is 5.99. The van der Waals surface area contributed by atoms with Gasteiger partial charge in [-0.2, -0.15) is 0 Å². The van der Waals surface area contributed by atoms with Gasteiger partial charge in [-0.1, -0.05) is 0 Å². The van der Waals surface area contributed by atoms with Crippen LogP contribution in [0.1, 0.15) is 24.9 Å². The molecule has 0 saturated heterocycles. The molecule has 0 radical (unpaired) electrons. The number of benzene rings is 1. The molecule has 0 heterocycles. The van der Waals surface area contributed by atoms with Crippen molar-refractivity contribution in [3.63, 3.8) is 0 Å². The Morgan fingerprint density at radius 3 is 2.58 bits per heavy atom. The Morgan fingerprint density at radius 2 is 1.95 bits per heavy atom. The molecule has 0 aliphatic rings. The van der Waals surface area contributed by atoms with Gasteiger partial charge in [-0.15, -0.1) is 0 Å². The predicted octanol–water partition coefficient (Wildman–Crippen LogP) is 0.688. The van der Waals surface area contributed by atoms with Gasteiger partial charge in [-0.05, 0) is 38.1 Å². The van der Waals surface area contributed by atoms with Crippen molar-refractivity contribution in [3.8, 4) is 11.5 Å². The zero-order chi connectivity index (χ0) is 14.5. The van der Waals surface area contributed by atoms with E-state index in [1.807, 2.05) is 6.92 Å². The van der Waals surface area contributed by atoms with Crippen LogP contribution in [-0.4, -0.2) is 38.0 Å². The third-order valence-electron chi connectivity index (χ3n) is 2.65. The monoisotopic (exact) mass is 288 g/mol. The van der Waals surface area contributed by atoms with Gasteiger partial charge in [0.2, 0.25) is 10.0 Å². The summed E-state index contributed by atoms with van der Waals surface area (Å²) in [6.07, 6.45) is 1.75. The minimum atomic E-state index is -3.14. The number of hydrogen-bond donors (Lipinski definition) is 4. The average molecular weight is 288 g/mol. The second kappa shape index (κ2) is 6.74. The van der Waals surface area contributed by atoms with Crippen LogP contribution in [-0.2, 0) is 10.0 Å². The number of aromatic hydroxyl groups is 2. The summed E-state index contributed by atoms with van der Waals surface area (Å²) >= 11 is 0. The van der Waals surface area contributed by atoms with Gasteiger partial charge in [-0.3, -0.25) is 0 Å². The molecule has 0 spiro atoms. The van der Waals surface area contributed by atoms with Gasteiger partial charge in [0, 0.05) is 18.2 Å². The average Bonchev–Trinajstić information content (AvgIpc) is 2.30. The molecular formula is C12H20N2O4S. The summed E-state index contributed by atoms with van der Waals surface area (Å²) in [6.45, 7) is 2.82. The van der Waals surface area contributed by atoms with Crippen molar-refractivity contribution in [2.24, 2.45) is 0 Å². The first-order valence-corrected chi connectivity index (χ1v) is 7.88. The van der Waals surface area contributed by atoms with Gasteiger partial charge in [0.1, 0.15) is 11.5 Å². The van der Waals surface area contributed by atoms with Crippen molar-refractivity contribution in [2.75, 3.05) is 19.3 Å².